The van der Waals surface area contributed by atoms with Crippen molar-refractivity contribution in [3.8, 4) is 0 Å². The first-order valence-corrected chi connectivity index (χ1v) is 7.63. The molecule has 0 aromatic heterocycles. The second-order valence-corrected chi connectivity index (χ2v) is 6.63. The van der Waals surface area contributed by atoms with E-state index in [0.717, 1.165) is 5.56 Å². The van der Waals surface area contributed by atoms with E-state index in [-0.39, 0.29) is 30.2 Å². The lowest BCUT2D eigenvalue weighted by molar-refractivity contribution is -0.178. The quantitative estimate of drug-likeness (QED) is 0.893. The minimum absolute atomic E-state index is 0. The Morgan fingerprint density at radius 2 is 2.13 bits per heavy atom. The number of amides is 1. The fourth-order valence-corrected chi connectivity index (χ4v) is 3.12. The fourth-order valence-electron chi connectivity index (χ4n) is 3.12. The van der Waals surface area contributed by atoms with Crippen LogP contribution < -0.4 is 5.73 Å². The smallest absolute Gasteiger partial charge is 0.243 e. The summed E-state index contributed by atoms with van der Waals surface area (Å²) in [4.78, 5) is 14.3. The predicted molar refractivity (Wildman–Crippen MR) is 90.9 cm³/mol. The number of ether oxygens (including phenoxy) is 1. The number of carbonyl (C=O) groups is 1. The molecule has 0 bridgehead atoms. The van der Waals surface area contributed by atoms with Gasteiger partial charge in [-0.2, -0.15) is 0 Å². The minimum atomic E-state index is -0.936. The van der Waals surface area contributed by atoms with Gasteiger partial charge >= 0.3 is 0 Å². The Kier molecular flexibility index (Phi) is 6.18. The molecular formula is C17H26ClFN2O2. The van der Waals surface area contributed by atoms with Gasteiger partial charge in [0.2, 0.25) is 5.91 Å². The normalized spacial score (nSPS) is 25.2. The lowest BCUT2D eigenvalue weighted by atomic mass is 9.54. The maximum Gasteiger partial charge on any atom is 0.243 e. The van der Waals surface area contributed by atoms with Crippen LogP contribution in [0.1, 0.15) is 32.8 Å². The number of hydrogen-bond acceptors (Lipinski definition) is 3. The summed E-state index contributed by atoms with van der Waals surface area (Å²) in [6.45, 7) is 6.81. The maximum absolute atomic E-state index is 13.2. The molecule has 1 aliphatic carbocycles. The van der Waals surface area contributed by atoms with E-state index >= 15 is 0 Å². The number of carbonyl (C=O) groups excluding carboxylic acids is 1. The average Bonchev–Trinajstić information content (AvgIpc) is 2.46. The van der Waals surface area contributed by atoms with E-state index in [1.807, 2.05) is 20.8 Å². The van der Waals surface area contributed by atoms with Crippen molar-refractivity contribution < 1.29 is 13.9 Å². The molecule has 0 saturated heterocycles. The van der Waals surface area contributed by atoms with Gasteiger partial charge in [0, 0.05) is 32.0 Å². The highest BCUT2D eigenvalue weighted by Gasteiger charge is 2.63. The predicted octanol–water partition coefficient (Wildman–Crippen LogP) is 2.74. The number of hydrogen-bond donors (Lipinski definition) is 1. The second-order valence-electron chi connectivity index (χ2n) is 6.63. The van der Waals surface area contributed by atoms with Gasteiger partial charge in [-0.05, 0) is 24.6 Å². The van der Waals surface area contributed by atoms with Crippen molar-refractivity contribution in [1.29, 1.82) is 0 Å². The molecule has 1 fully saturated rings. The topological polar surface area (TPSA) is 55.6 Å². The third-order valence-electron chi connectivity index (χ3n) is 4.87. The van der Waals surface area contributed by atoms with Crippen molar-refractivity contribution in [2.24, 2.45) is 11.1 Å². The SMILES string of the molecule is CCOC1CC(N)(C(=O)N(C)Cc2cccc(F)c2)C1(C)C.Cl. The number of benzene rings is 1. The van der Waals surface area contributed by atoms with Crippen molar-refractivity contribution in [2.45, 2.75) is 45.4 Å². The van der Waals surface area contributed by atoms with Crippen LogP contribution in [0.2, 0.25) is 0 Å². The molecule has 2 N–H and O–H groups in total. The first-order chi connectivity index (χ1) is 10.2. The van der Waals surface area contributed by atoms with Crippen LogP contribution in [0, 0.1) is 11.2 Å². The number of nitrogens with two attached hydrogens (primary N) is 1. The summed E-state index contributed by atoms with van der Waals surface area (Å²) in [5.74, 6) is -0.432. The van der Waals surface area contributed by atoms with Crippen LogP contribution in [0.3, 0.4) is 0 Å². The monoisotopic (exact) mass is 344 g/mol. The van der Waals surface area contributed by atoms with E-state index < -0.39 is 11.0 Å². The van der Waals surface area contributed by atoms with Gasteiger partial charge in [-0.15, -0.1) is 12.4 Å². The lowest BCUT2D eigenvalue weighted by Gasteiger charge is -2.58. The summed E-state index contributed by atoms with van der Waals surface area (Å²) in [7, 11) is 1.70. The third kappa shape index (κ3) is 3.52. The van der Waals surface area contributed by atoms with E-state index in [4.69, 9.17) is 10.5 Å². The van der Waals surface area contributed by atoms with Crippen LogP contribution in [-0.4, -0.2) is 36.1 Å². The molecule has 1 saturated carbocycles. The van der Waals surface area contributed by atoms with Gasteiger partial charge in [-0.3, -0.25) is 4.79 Å². The van der Waals surface area contributed by atoms with Crippen LogP contribution in [0.5, 0.6) is 0 Å². The van der Waals surface area contributed by atoms with Crippen molar-refractivity contribution in [1.82, 2.24) is 4.90 Å². The number of nitrogens with zero attached hydrogens (tertiary/aromatic N) is 1. The Labute approximate surface area is 143 Å². The number of rotatable bonds is 5. The number of likely N-dealkylation sites (N-methyl/N-ethyl adjacent to an activating group) is 1. The summed E-state index contributed by atoms with van der Waals surface area (Å²) < 4.78 is 18.9. The molecule has 1 aliphatic rings. The van der Waals surface area contributed by atoms with Crippen molar-refractivity contribution in [2.75, 3.05) is 13.7 Å². The minimum Gasteiger partial charge on any atom is -0.378 e. The Morgan fingerprint density at radius 3 is 2.65 bits per heavy atom. The molecule has 0 heterocycles. The Bertz CT molecular complexity index is 567. The van der Waals surface area contributed by atoms with Crippen LogP contribution in [0.15, 0.2) is 24.3 Å². The average molecular weight is 345 g/mol. The Morgan fingerprint density at radius 1 is 1.48 bits per heavy atom. The molecule has 0 spiro atoms. The highest BCUT2D eigenvalue weighted by molar-refractivity contribution is 5.88. The highest BCUT2D eigenvalue weighted by atomic mass is 35.5. The molecule has 2 unspecified atom stereocenters. The van der Waals surface area contributed by atoms with E-state index in [1.165, 1.54) is 12.1 Å². The van der Waals surface area contributed by atoms with Crippen LogP contribution >= 0.6 is 12.4 Å². The maximum atomic E-state index is 13.2. The molecule has 0 radical (unpaired) electrons. The zero-order chi connectivity index (χ0) is 16.5. The van der Waals surface area contributed by atoms with Gasteiger partial charge in [0.15, 0.2) is 0 Å². The molecule has 23 heavy (non-hydrogen) atoms. The van der Waals surface area contributed by atoms with Gasteiger partial charge in [0.05, 0.1) is 6.10 Å². The first-order valence-electron chi connectivity index (χ1n) is 7.63. The molecule has 1 amide bonds. The molecule has 1 aromatic rings. The first kappa shape index (κ1) is 19.9. The van der Waals surface area contributed by atoms with Gasteiger partial charge < -0.3 is 15.4 Å². The van der Waals surface area contributed by atoms with Gasteiger partial charge in [0.25, 0.3) is 0 Å². The molecule has 130 valence electrons. The van der Waals surface area contributed by atoms with Crippen LogP contribution in [0.25, 0.3) is 0 Å². The summed E-state index contributed by atoms with van der Waals surface area (Å²) in [6.07, 6.45) is 0.509. The van der Waals surface area contributed by atoms with Crippen molar-refractivity contribution in [3.63, 3.8) is 0 Å². The zero-order valence-electron chi connectivity index (χ0n) is 14.1. The Balaban J connectivity index is 0.00000264. The van der Waals surface area contributed by atoms with Gasteiger partial charge in [0.1, 0.15) is 11.4 Å². The van der Waals surface area contributed by atoms with Crippen molar-refractivity contribution in [3.05, 3.63) is 35.6 Å². The molecule has 2 atom stereocenters. The second kappa shape index (κ2) is 7.16. The van der Waals surface area contributed by atoms with Crippen molar-refractivity contribution >= 4 is 18.3 Å². The summed E-state index contributed by atoms with van der Waals surface area (Å²) in [6, 6.07) is 6.25. The van der Waals surface area contributed by atoms with E-state index in [1.54, 1.807) is 24.1 Å². The van der Waals surface area contributed by atoms with E-state index in [2.05, 4.69) is 0 Å². The highest BCUT2D eigenvalue weighted by Crippen LogP contribution is 2.50. The lowest BCUT2D eigenvalue weighted by Crippen LogP contribution is -2.75. The Hall–Kier alpha value is -1.17. The van der Waals surface area contributed by atoms with Gasteiger partial charge in [-0.1, -0.05) is 26.0 Å². The largest absolute Gasteiger partial charge is 0.378 e. The van der Waals surface area contributed by atoms with Gasteiger partial charge in [-0.25, -0.2) is 4.39 Å². The van der Waals surface area contributed by atoms with Crippen LogP contribution in [0.4, 0.5) is 4.39 Å². The summed E-state index contributed by atoms with van der Waals surface area (Å²) in [5.41, 5.74) is 5.78. The molecule has 6 heteroatoms. The standard InChI is InChI=1S/C17H25FN2O2.ClH/c1-5-22-14-10-17(19,16(14,2)3)15(21)20(4)11-12-7-6-8-13(18)9-12;/h6-9,14H,5,10-11,19H2,1-4H3;1H. The zero-order valence-corrected chi connectivity index (χ0v) is 15.0. The molecule has 2 rings (SSSR count). The molecule has 1 aromatic carbocycles. The molecule has 0 aliphatic heterocycles. The fraction of sp³-hybridized carbons (Fsp3) is 0.588. The molecule has 4 nitrogen and oxygen atoms in total. The number of halogens is 2. The summed E-state index contributed by atoms with van der Waals surface area (Å²) >= 11 is 0. The summed E-state index contributed by atoms with van der Waals surface area (Å²) in [5, 5.41) is 0. The van der Waals surface area contributed by atoms with E-state index in [9.17, 15) is 9.18 Å². The third-order valence-corrected chi connectivity index (χ3v) is 4.87. The van der Waals surface area contributed by atoms with E-state index in [0.29, 0.717) is 19.6 Å². The molecular weight excluding hydrogens is 319 g/mol. The van der Waals surface area contributed by atoms with Crippen LogP contribution in [-0.2, 0) is 16.1 Å².